The SMILES string of the molecule is COc1ccc(C(=O)N[C@H]2[C@H]([C@H](O)[C@H](O)CO)O[C@](O)(C(=O)O)C[C@@H]2O)c(OC)c1OC. The number of carbonyl (C=O) groups is 2. The first-order valence-corrected chi connectivity index (χ1v) is 9.43. The minimum absolute atomic E-state index is 0.00917. The maximum absolute atomic E-state index is 13.0. The third-order valence-corrected chi connectivity index (χ3v) is 5.08. The van der Waals surface area contributed by atoms with Crippen LogP contribution in [0.4, 0.5) is 0 Å². The van der Waals surface area contributed by atoms with Crippen molar-refractivity contribution in [3.63, 3.8) is 0 Å². The highest BCUT2D eigenvalue weighted by Gasteiger charge is 2.54. The van der Waals surface area contributed by atoms with Crippen molar-refractivity contribution in [3.05, 3.63) is 17.7 Å². The largest absolute Gasteiger partial charge is 0.493 e. The predicted molar refractivity (Wildman–Crippen MR) is 105 cm³/mol. The van der Waals surface area contributed by atoms with Gasteiger partial charge in [0.05, 0.1) is 45.6 Å². The van der Waals surface area contributed by atoms with Crippen LogP contribution in [0.3, 0.4) is 0 Å². The Morgan fingerprint density at radius 3 is 2.31 bits per heavy atom. The molecule has 1 saturated heterocycles. The highest BCUT2D eigenvalue weighted by molar-refractivity contribution is 5.98. The van der Waals surface area contributed by atoms with Crippen molar-refractivity contribution in [2.75, 3.05) is 27.9 Å². The average Bonchev–Trinajstić information content (AvgIpc) is 2.77. The van der Waals surface area contributed by atoms with Crippen molar-refractivity contribution in [2.24, 2.45) is 0 Å². The van der Waals surface area contributed by atoms with Crippen LogP contribution in [0.5, 0.6) is 17.2 Å². The van der Waals surface area contributed by atoms with Crippen LogP contribution in [0.15, 0.2) is 12.1 Å². The van der Waals surface area contributed by atoms with Crippen LogP contribution < -0.4 is 19.5 Å². The number of aliphatic hydroxyl groups excluding tert-OH is 4. The quantitative estimate of drug-likeness (QED) is 0.203. The van der Waals surface area contributed by atoms with E-state index in [9.17, 15) is 35.1 Å². The number of amides is 1. The Morgan fingerprint density at radius 2 is 1.81 bits per heavy atom. The summed E-state index contributed by atoms with van der Waals surface area (Å²) in [5.74, 6) is -5.22. The van der Waals surface area contributed by atoms with Crippen molar-refractivity contribution in [3.8, 4) is 17.2 Å². The lowest BCUT2D eigenvalue weighted by Crippen LogP contribution is -2.67. The van der Waals surface area contributed by atoms with E-state index in [1.807, 2.05) is 0 Å². The molecule has 13 heteroatoms. The number of methoxy groups -OCH3 is 3. The molecule has 180 valence electrons. The first kappa shape index (κ1) is 25.6. The van der Waals surface area contributed by atoms with Crippen LogP contribution in [0.25, 0.3) is 0 Å². The van der Waals surface area contributed by atoms with Gasteiger partial charge in [0.2, 0.25) is 5.75 Å². The molecule has 0 aromatic heterocycles. The standard InChI is InChI=1S/C19H27NO12/c1-29-11-5-4-8(14(30-2)15(11)31-3)17(25)20-12-9(22)6-19(28,18(26)27)32-16(12)13(24)10(23)7-21/h4-5,9-10,12-13,16,21-24,28H,6-7H2,1-3H3,(H,20,25)(H,26,27)/t9-,10+,12+,13+,16+,19-/m0/s1. The van der Waals surface area contributed by atoms with E-state index in [4.69, 9.17) is 24.1 Å². The van der Waals surface area contributed by atoms with E-state index in [-0.39, 0.29) is 22.8 Å². The number of carbonyl (C=O) groups excluding carboxylic acids is 1. The molecule has 7 N–H and O–H groups in total. The molecule has 0 unspecified atom stereocenters. The van der Waals surface area contributed by atoms with Crippen molar-refractivity contribution >= 4 is 11.9 Å². The highest BCUT2D eigenvalue weighted by atomic mass is 16.7. The Labute approximate surface area is 182 Å². The summed E-state index contributed by atoms with van der Waals surface area (Å²) >= 11 is 0. The number of aliphatic hydroxyl groups is 5. The number of ether oxygens (including phenoxy) is 4. The zero-order valence-corrected chi connectivity index (χ0v) is 17.6. The summed E-state index contributed by atoms with van der Waals surface area (Å²) in [4.78, 5) is 24.4. The van der Waals surface area contributed by atoms with Gasteiger partial charge in [-0.2, -0.15) is 0 Å². The molecule has 0 saturated carbocycles. The van der Waals surface area contributed by atoms with Gasteiger partial charge >= 0.3 is 5.97 Å². The lowest BCUT2D eigenvalue weighted by Gasteiger charge is -2.44. The Morgan fingerprint density at radius 1 is 1.19 bits per heavy atom. The zero-order valence-electron chi connectivity index (χ0n) is 17.6. The number of carboxylic acid groups (broad SMARTS) is 1. The number of nitrogens with one attached hydrogen (secondary N) is 1. The van der Waals surface area contributed by atoms with Crippen molar-refractivity contribution in [2.45, 2.75) is 42.7 Å². The molecule has 0 bridgehead atoms. The predicted octanol–water partition coefficient (Wildman–Crippen LogP) is -2.55. The molecule has 1 aromatic rings. The fourth-order valence-electron chi connectivity index (χ4n) is 3.41. The van der Waals surface area contributed by atoms with Crippen LogP contribution >= 0.6 is 0 Å². The molecule has 0 radical (unpaired) electrons. The summed E-state index contributed by atoms with van der Waals surface area (Å²) in [7, 11) is 3.99. The Hall–Kier alpha value is -2.68. The molecule has 0 aliphatic carbocycles. The average molecular weight is 461 g/mol. The molecule has 1 heterocycles. The van der Waals surface area contributed by atoms with Crippen LogP contribution in [-0.4, -0.2) is 107 Å². The second-order valence-electron chi connectivity index (χ2n) is 7.07. The smallest absolute Gasteiger partial charge is 0.364 e. The first-order valence-electron chi connectivity index (χ1n) is 9.43. The van der Waals surface area contributed by atoms with Gasteiger partial charge in [-0.05, 0) is 12.1 Å². The molecule has 1 fully saturated rings. The minimum atomic E-state index is -2.90. The third kappa shape index (κ3) is 4.87. The van der Waals surface area contributed by atoms with Crippen molar-refractivity contribution in [1.29, 1.82) is 0 Å². The molecule has 1 aromatic carbocycles. The fraction of sp³-hybridized carbons (Fsp3) is 0.579. The first-order chi connectivity index (χ1) is 15.0. The maximum Gasteiger partial charge on any atom is 0.364 e. The molecule has 6 atom stereocenters. The second kappa shape index (κ2) is 10.3. The van der Waals surface area contributed by atoms with Gasteiger partial charge in [-0.15, -0.1) is 0 Å². The topological polar surface area (TPSA) is 204 Å². The van der Waals surface area contributed by atoms with Gasteiger partial charge in [-0.1, -0.05) is 0 Å². The lowest BCUT2D eigenvalue weighted by molar-refractivity contribution is -0.294. The normalized spacial score (nSPS) is 27.2. The van der Waals surface area contributed by atoms with E-state index >= 15 is 0 Å². The summed E-state index contributed by atoms with van der Waals surface area (Å²) in [6, 6.07) is 1.28. The van der Waals surface area contributed by atoms with Gasteiger partial charge in [-0.25, -0.2) is 4.79 Å². The number of hydrogen-bond donors (Lipinski definition) is 7. The zero-order chi connectivity index (χ0) is 24.2. The van der Waals surface area contributed by atoms with E-state index in [0.717, 1.165) is 0 Å². The van der Waals surface area contributed by atoms with Gasteiger partial charge in [-0.3, -0.25) is 4.79 Å². The summed E-state index contributed by atoms with van der Waals surface area (Å²) in [6.07, 6.45) is -8.17. The molecular formula is C19H27NO12. The van der Waals surface area contributed by atoms with Crippen LogP contribution in [0.1, 0.15) is 16.8 Å². The van der Waals surface area contributed by atoms with E-state index in [1.165, 1.54) is 33.5 Å². The third-order valence-electron chi connectivity index (χ3n) is 5.08. The van der Waals surface area contributed by atoms with Crippen molar-refractivity contribution < 1.29 is 59.2 Å². The van der Waals surface area contributed by atoms with E-state index < -0.39 is 61.1 Å². The number of benzene rings is 1. The Balaban J connectivity index is 2.42. The minimum Gasteiger partial charge on any atom is -0.493 e. The van der Waals surface area contributed by atoms with Gasteiger partial charge < -0.3 is 54.9 Å². The van der Waals surface area contributed by atoms with E-state index in [0.29, 0.717) is 0 Å². The Bertz CT molecular complexity index is 833. The second-order valence-corrected chi connectivity index (χ2v) is 7.07. The molecule has 1 aliphatic heterocycles. The van der Waals surface area contributed by atoms with Crippen LogP contribution in [-0.2, 0) is 9.53 Å². The van der Waals surface area contributed by atoms with Gasteiger partial charge in [0.1, 0.15) is 18.3 Å². The molecule has 0 spiro atoms. The maximum atomic E-state index is 13.0. The number of carboxylic acids is 1. The molecule has 32 heavy (non-hydrogen) atoms. The molecule has 1 amide bonds. The fourth-order valence-corrected chi connectivity index (χ4v) is 3.41. The summed E-state index contributed by atoms with van der Waals surface area (Å²) in [6.45, 7) is -0.938. The van der Waals surface area contributed by atoms with Crippen LogP contribution in [0, 0.1) is 0 Å². The van der Waals surface area contributed by atoms with Gasteiger partial charge in [0, 0.05) is 6.42 Å². The molecule has 1 aliphatic rings. The lowest BCUT2D eigenvalue weighted by atomic mass is 9.88. The molecule has 13 nitrogen and oxygen atoms in total. The number of rotatable bonds is 9. The van der Waals surface area contributed by atoms with Crippen LogP contribution in [0.2, 0.25) is 0 Å². The number of aliphatic carboxylic acids is 1. The summed E-state index contributed by atoms with van der Waals surface area (Å²) in [5, 5.41) is 61.5. The van der Waals surface area contributed by atoms with E-state index in [1.54, 1.807) is 0 Å². The van der Waals surface area contributed by atoms with Gasteiger partial charge in [0.25, 0.3) is 11.7 Å². The monoisotopic (exact) mass is 461 g/mol. The Kier molecular flexibility index (Phi) is 8.23. The molecular weight excluding hydrogens is 434 g/mol. The summed E-state index contributed by atoms with van der Waals surface area (Å²) < 4.78 is 20.7. The number of hydrogen-bond acceptors (Lipinski definition) is 11. The highest BCUT2D eigenvalue weighted by Crippen LogP contribution is 2.40. The van der Waals surface area contributed by atoms with Crippen molar-refractivity contribution in [1.82, 2.24) is 5.32 Å². The molecule has 2 rings (SSSR count). The van der Waals surface area contributed by atoms with Gasteiger partial charge in [0.15, 0.2) is 11.5 Å². The van der Waals surface area contributed by atoms with E-state index in [2.05, 4.69) is 5.32 Å². The summed E-state index contributed by atoms with van der Waals surface area (Å²) in [5.41, 5.74) is -0.0626.